The maximum absolute atomic E-state index is 13.4. The first-order valence-electron chi connectivity index (χ1n) is 5.05. The van der Waals surface area contributed by atoms with Crippen LogP contribution in [0.2, 0.25) is 0 Å². The fourth-order valence-corrected chi connectivity index (χ4v) is 1.64. The Hall–Kier alpha value is -0.780. The standard InChI is InChI=1S/C10H9BrF7N/c1-2-3-4-6(7(11)5-19)8(12,13)9(14,15)10(16,17)18/h2-4H2,1H3/b7-6+. The van der Waals surface area contributed by atoms with E-state index in [1.165, 1.54) is 6.92 Å². The molecule has 0 saturated heterocycles. The van der Waals surface area contributed by atoms with Crippen LogP contribution in [0.1, 0.15) is 26.2 Å². The summed E-state index contributed by atoms with van der Waals surface area (Å²) >= 11 is 2.31. The zero-order chi connectivity index (χ0) is 15.5. The molecule has 0 N–H and O–H groups in total. The maximum Gasteiger partial charge on any atom is 0.460 e. The lowest BCUT2D eigenvalue weighted by Crippen LogP contribution is -2.53. The van der Waals surface area contributed by atoms with Gasteiger partial charge in [0.05, 0.1) is 0 Å². The highest BCUT2D eigenvalue weighted by Gasteiger charge is 2.74. The van der Waals surface area contributed by atoms with Gasteiger partial charge in [-0.25, -0.2) is 0 Å². The van der Waals surface area contributed by atoms with Crippen molar-refractivity contribution in [2.45, 2.75) is 44.2 Å². The molecule has 0 aromatic carbocycles. The maximum atomic E-state index is 13.4. The third-order valence-electron chi connectivity index (χ3n) is 2.27. The average Bonchev–Trinajstić information content (AvgIpc) is 2.27. The van der Waals surface area contributed by atoms with Gasteiger partial charge >= 0.3 is 18.0 Å². The Morgan fingerprint density at radius 2 is 1.58 bits per heavy atom. The lowest BCUT2D eigenvalue weighted by molar-refractivity contribution is -0.345. The Kier molecular flexibility index (Phi) is 5.86. The van der Waals surface area contributed by atoms with Crippen LogP contribution in [0.5, 0.6) is 0 Å². The molecule has 0 rings (SSSR count). The fraction of sp³-hybridized carbons (Fsp3) is 0.700. The number of alkyl halides is 7. The summed E-state index contributed by atoms with van der Waals surface area (Å²) in [6.07, 6.45) is -6.89. The van der Waals surface area contributed by atoms with E-state index in [4.69, 9.17) is 5.26 Å². The van der Waals surface area contributed by atoms with Gasteiger partial charge in [-0.05, 0) is 28.8 Å². The molecule has 0 aliphatic rings. The molecular formula is C10H9BrF7N. The molecule has 0 bridgehead atoms. The van der Waals surface area contributed by atoms with Crippen molar-refractivity contribution >= 4 is 15.9 Å². The second-order valence-electron chi connectivity index (χ2n) is 3.65. The van der Waals surface area contributed by atoms with Gasteiger partial charge in [-0.2, -0.15) is 36.0 Å². The molecule has 0 aromatic heterocycles. The highest BCUT2D eigenvalue weighted by atomic mass is 79.9. The zero-order valence-electron chi connectivity index (χ0n) is 9.59. The number of nitriles is 1. The number of hydrogen-bond acceptors (Lipinski definition) is 1. The number of hydrogen-bond donors (Lipinski definition) is 0. The average molecular weight is 356 g/mol. The molecule has 0 aromatic rings. The summed E-state index contributed by atoms with van der Waals surface area (Å²) in [5.74, 6) is -11.7. The van der Waals surface area contributed by atoms with E-state index in [1.54, 1.807) is 0 Å². The minimum absolute atomic E-state index is 0.0460. The van der Waals surface area contributed by atoms with Gasteiger partial charge in [-0.1, -0.05) is 13.3 Å². The molecule has 0 amide bonds. The summed E-state index contributed by atoms with van der Waals surface area (Å²) in [5, 5.41) is 8.42. The van der Waals surface area contributed by atoms with Crippen molar-refractivity contribution in [2.24, 2.45) is 0 Å². The second-order valence-corrected chi connectivity index (χ2v) is 4.45. The summed E-state index contributed by atoms with van der Waals surface area (Å²) in [4.78, 5) is 0. The molecule has 1 nitrogen and oxygen atoms in total. The first-order valence-corrected chi connectivity index (χ1v) is 5.84. The molecule has 0 aliphatic heterocycles. The van der Waals surface area contributed by atoms with Crippen LogP contribution in [0.3, 0.4) is 0 Å². The Bertz CT molecular complexity index is 392. The molecule has 0 aliphatic carbocycles. The Morgan fingerprint density at radius 3 is 1.89 bits per heavy atom. The SMILES string of the molecule is CCCC/C(=C(\Br)C#N)C(F)(F)C(F)(F)C(F)(F)F. The monoisotopic (exact) mass is 355 g/mol. The van der Waals surface area contributed by atoms with Gasteiger partial charge in [-0.15, -0.1) is 0 Å². The van der Waals surface area contributed by atoms with Crippen LogP contribution in [0.25, 0.3) is 0 Å². The van der Waals surface area contributed by atoms with E-state index >= 15 is 0 Å². The fourth-order valence-electron chi connectivity index (χ4n) is 1.19. The molecule has 0 radical (unpaired) electrons. The van der Waals surface area contributed by atoms with Gasteiger partial charge in [0.1, 0.15) is 10.6 Å². The number of halogens is 8. The minimum atomic E-state index is -6.41. The van der Waals surface area contributed by atoms with Crippen molar-refractivity contribution < 1.29 is 30.7 Å². The third kappa shape index (κ3) is 3.61. The zero-order valence-corrected chi connectivity index (χ0v) is 11.2. The van der Waals surface area contributed by atoms with Crippen LogP contribution in [0, 0.1) is 11.3 Å². The molecule has 9 heteroatoms. The molecule has 0 atom stereocenters. The van der Waals surface area contributed by atoms with Crippen LogP contribution in [0.15, 0.2) is 10.1 Å². The van der Waals surface area contributed by atoms with E-state index in [2.05, 4.69) is 15.9 Å². The molecule has 0 fully saturated rings. The largest absolute Gasteiger partial charge is 0.460 e. The molecule has 0 unspecified atom stereocenters. The van der Waals surface area contributed by atoms with Crippen molar-refractivity contribution in [3.05, 3.63) is 10.1 Å². The Balaban J connectivity index is 5.76. The van der Waals surface area contributed by atoms with E-state index in [-0.39, 0.29) is 6.42 Å². The molecular weight excluding hydrogens is 347 g/mol. The van der Waals surface area contributed by atoms with Gasteiger partial charge in [-0.3, -0.25) is 0 Å². The molecule has 0 saturated carbocycles. The van der Waals surface area contributed by atoms with Crippen molar-refractivity contribution in [1.29, 1.82) is 5.26 Å². The molecule has 0 spiro atoms. The highest BCUT2D eigenvalue weighted by Crippen LogP contribution is 2.51. The highest BCUT2D eigenvalue weighted by molar-refractivity contribution is 9.12. The summed E-state index contributed by atoms with van der Waals surface area (Å²) in [6.45, 7) is 1.54. The van der Waals surface area contributed by atoms with Crippen LogP contribution in [-0.4, -0.2) is 18.0 Å². The lowest BCUT2D eigenvalue weighted by Gasteiger charge is -2.30. The smallest absolute Gasteiger partial charge is 0.194 e. The van der Waals surface area contributed by atoms with Crippen LogP contribution < -0.4 is 0 Å². The lowest BCUT2D eigenvalue weighted by atomic mass is 9.96. The van der Waals surface area contributed by atoms with Crippen molar-refractivity contribution in [2.75, 3.05) is 0 Å². The van der Waals surface area contributed by atoms with Gasteiger partial charge < -0.3 is 0 Å². The normalized spacial score (nSPS) is 14.9. The summed E-state index contributed by atoms with van der Waals surface area (Å²) in [7, 11) is 0. The predicted octanol–water partition coefficient (Wildman–Crippen LogP) is 5.18. The first kappa shape index (κ1) is 18.2. The minimum Gasteiger partial charge on any atom is -0.194 e. The number of rotatable bonds is 5. The predicted molar refractivity (Wildman–Crippen MR) is 57.0 cm³/mol. The van der Waals surface area contributed by atoms with Gasteiger partial charge in [0, 0.05) is 5.57 Å². The Labute approximate surface area is 113 Å². The van der Waals surface area contributed by atoms with E-state index in [9.17, 15) is 30.7 Å². The number of allylic oxidation sites excluding steroid dienone is 2. The first-order chi connectivity index (χ1) is 8.43. The summed E-state index contributed by atoms with van der Waals surface area (Å²) in [5.41, 5.74) is -1.54. The quantitative estimate of drug-likeness (QED) is 0.492. The van der Waals surface area contributed by atoms with Crippen molar-refractivity contribution in [1.82, 2.24) is 0 Å². The van der Waals surface area contributed by atoms with Crippen LogP contribution >= 0.6 is 15.9 Å². The number of nitrogens with zero attached hydrogens (tertiary/aromatic N) is 1. The Morgan fingerprint density at radius 1 is 1.11 bits per heavy atom. The van der Waals surface area contributed by atoms with Crippen molar-refractivity contribution in [3.8, 4) is 6.07 Å². The van der Waals surface area contributed by atoms with Gasteiger partial charge in [0.2, 0.25) is 0 Å². The van der Waals surface area contributed by atoms with E-state index in [0.29, 0.717) is 6.42 Å². The number of unbranched alkanes of at least 4 members (excludes halogenated alkanes) is 1. The van der Waals surface area contributed by atoms with Crippen LogP contribution in [-0.2, 0) is 0 Å². The summed E-state index contributed by atoms with van der Waals surface area (Å²) in [6, 6.07) is 1.12. The molecule has 19 heavy (non-hydrogen) atoms. The van der Waals surface area contributed by atoms with Gasteiger partial charge in [0.25, 0.3) is 0 Å². The molecule has 110 valence electrons. The van der Waals surface area contributed by atoms with Gasteiger partial charge in [0.15, 0.2) is 0 Å². The topological polar surface area (TPSA) is 23.8 Å². The van der Waals surface area contributed by atoms with E-state index in [1.807, 2.05) is 0 Å². The molecule has 0 heterocycles. The van der Waals surface area contributed by atoms with E-state index in [0.717, 1.165) is 6.07 Å². The summed E-state index contributed by atoms with van der Waals surface area (Å²) < 4.78 is 87.6. The van der Waals surface area contributed by atoms with E-state index < -0.39 is 34.5 Å². The third-order valence-corrected chi connectivity index (χ3v) is 2.93. The van der Waals surface area contributed by atoms with Crippen LogP contribution in [0.4, 0.5) is 30.7 Å². The van der Waals surface area contributed by atoms with Crippen molar-refractivity contribution in [3.63, 3.8) is 0 Å². The second kappa shape index (κ2) is 6.11.